The van der Waals surface area contributed by atoms with Crippen molar-refractivity contribution in [3.8, 4) is 0 Å². The maximum Gasteiger partial charge on any atom is 0.254 e. The second-order valence-corrected chi connectivity index (χ2v) is 10.1. The van der Waals surface area contributed by atoms with Crippen molar-refractivity contribution >= 4 is 21.7 Å². The summed E-state index contributed by atoms with van der Waals surface area (Å²) < 4.78 is 24.1. The lowest BCUT2D eigenvalue weighted by atomic mass is 10.0. The summed E-state index contributed by atoms with van der Waals surface area (Å²) in [5, 5.41) is 0. The Kier molecular flexibility index (Phi) is 7.49. The van der Waals surface area contributed by atoms with Crippen LogP contribution in [0, 0.1) is 0 Å². The third-order valence-electron chi connectivity index (χ3n) is 5.78. The van der Waals surface area contributed by atoms with Gasteiger partial charge in [-0.3, -0.25) is 9.59 Å². The van der Waals surface area contributed by atoms with E-state index in [0.717, 1.165) is 19.3 Å². The third-order valence-corrected chi connectivity index (χ3v) is 7.53. The van der Waals surface area contributed by atoms with Crippen LogP contribution in [0.3, 0.4) is 0 Å². The minimum absolute atomic E-state index is 0.0279. The summed E-state index contributed by atoms with van der Waals surface area (Å²) in [4.78, 5) is 29.9. The van der Waals surface area contributed by atoms with Crippen LogP contribution in [0.25, 0.3) is 0 Å². The second kappa shape index (κ2) is 10.1. The first kappa shape index (κ1) is 23.0. The number of sulfone groups is 1. The van der Waals surface area contributed by atoms with E-state index in [9.17, 15) is 18.0 Å². The molecule has 2 aromatic rings. The SMILES string of the molecule is CCCN(C(=O)c1ccc(S(=O)(=O)CC)cc1)C1CCN(C(=O)c2ccccc2)CC1. The molecule has 6 nitrogen and oxygen atoms in total. The first-order valence-corrected chi connectivity index (χ1v) is 12.5. The first-order chi connectivity index (χ1) is 14.9. The van der Waals surface area contributed by atoms with Crippen LogP contribution < -0.4 is 0 Å². The molecule has 0 unspecified atom stereocenters. The van der Waals surface area contributed by atoms with E-state index >= 15 is 0 Å². The Morgan fingerprint density at radius 3 is 2.10 bits per heavy atom. The molecule has 0 aromatic heterocycles. The number of piperidine rings is 1. The molecule has 0 atom stereocenters. The zero-order valence-electron chi connectivity index (χ0n) is 18.2. The Morgan fingerprint density at radius 1 is 0.935 bits per heavy atom. The first-order valence-electron chi connectivity index (χ1n) is 10.9. The molecule has 7 heteroatoms. The molecule has 1 aliphatic heterocycles. The summed E-state index contributed by atoms with van der Waals surface area (Å²) in [5.74, 6) is -0.0296. The molecular formula is C24H30N2O4S. The molecule has 2 amide bonds. The van der Waals surface area contributed by atoms with Crippen LogP contribution in [-0.4, -0.2) is 61.5 Å². The summed E-state index contributed by atoms with van der Waals surface area (Å²) in [7, 11) is -3.29. The number of carbonyl (C=O) groups excluding carboxylic acids is 2. The van der Waals surface area contributed by atoms with Gasteiger partial charge in [0.15, 0.2) is 9.84 Å². The Labute approximate surface area is 184 Å². The highest BCUT2D eigenvalue weighted by molar-refractivity contribution is 7.91. The van der Waals surface area contributed by atoms with Crippen LogP contribution in [0.4, 0.5) is 0 Å². The molecule has 0 N–H and O–H groups in total. The largest absolute Gasteiger partial charge is 0.338 e. The fourth-order valence-corrected chi connectivity index (χ4v) is 4.86. The molecule has 0 aliphatic carbocycles. The second-order valence-electron chi connectivity index (χ2n) is 7.82. The van der Waals surface area contributed by atoms with Gasteiger partial charge in [0.1, 0.15) is 0 Å². The number of benzene rings is 2. The van der Waals surface area contributed by atoms with Gasteiger partial charge in [0.2, 0.25) is 0 Å². The van der Waals surface area contributed by atoms with Crippen molar-refractivity contribution in [1.29, 1.82) is 0 Å². The van der Waals surface area contributed by atoms with Gasteiger partial charge in [-0.1, -0.05) is 32.0 Å². The van der Waals surface area contributed by atoms with Crippen LogP contribution in [0.2, 0.25) is 0 Å². The van der Waals surface area contributed by atoms with Gasteiger partial charge < -0.3 is 9.80 Å². The number of hydrogen-bond donors (Lipinski definition) is 0. The molecule has 1 heterocycles. The predicted molar refractivity (Wildman–Crippen MR) is 121 cm³/mol. The highest BCUT2D eigenvalue weighted by Gasteiger charge is 2.30. The quantitative estimate of drug-likeness (QED) is 0.656. The molecule has 0 spiro atoms. The standard InChI is InChI=1S/C24H30N2O4S/c1-3-16-26(24(28)20-10-12-22(13-11-20)31(29,30)4-2)21-14-17-25(18-15-21)23(27)19-8-6-5-7-9-19/h5-13,21H,3-4,14-18H2,1-2H3. The Bertz CT molecular complexity index is 996. The molecule has 1 aliphatic rings. The monoisotopic (exact) mass is 442 g/mol. The molecule has 1 fully saturated rings. The van der Waals surface area contributed by atoms with E-state index in [-0.39, 0.29) is 28.5 Å². The number of hydrogen-bond acceptors (Lipinski definition) is 4. The van der Waals surface area contributed by atoms with E-state index in [1.54, 1.807) is 19.1 Å². The maximum absolute atomic E-state index is 13.2. The minimum Gasteiger partial charge on any atom is -0.338 e. The molecular weight excluding hydrogens is 412 g/mol. The Hall–Kier alpha value is -2.67. The van der Waals surface area contributed by atoms with Crippen molar-refractivity contribution in [2.24, 2.45) is 0 Å². The van der Waals surface area contributed by atoms with E-state index in [1.807, 2.05) is 47.1 Å². The van der Waals surface area contributed by atoms with Crippen LogP contribution >= 0.6 is 0 Å². The molecule has 3 rings (SSSR count). The number of likely N-dealkylation sites (tertiary alicyclic amines) is 1. The van der Waals surface area contributed by atoms with E-state index in [2.05, 4.69) is 0 Å². The maximum atomic E-state index is 13.2. The van der Waals surface area contributed by atoms with Gasteiger partial charge >= 0.3 is 0 Å². The van der Waals surface area contributed by atoms with Crippen LogP contribution in [0.5, 0.6) is 0 Å². The number of nitrogens with zero attached hydrogens (tertiary/aromatic N) is 2. The zero-order valence-corrected chi connectivity index (χ0v) is 19.0. The van der Waals surface area contributed by atoms with Crippen molar-refractivity contribution in [2.45, 2.75) is 44.0 Å². The van der Waals surface area contributed by atoms with Crippen molar-refractivity contribution < 1.29 is 18.0 Å². The molecule has 1 saturated heterocycles. The van der Waals surface area contributed by atoms with Crippen molar-refractivity contribution in [1.82, 2.24) is 9.80 Å². The van der Waals surface area contributed by atoms with Crippen molar-refractivity contribution in [3.05, 3.63) is 65.7 Å². The average molecular weight is 443 g/mol. The van der Waals surface area contributed by atoms with Gasteiger partial charge in [-0.25, -0.2) is 8.42 Å². The highest BCUT2D eigenvalue weighted by atomic mass is 32.2. The zero-order chi connectivity index (χ0) is 22.4. The Morgan fingerprint density at radius 2 is 1.55 bits per heavy atom. The van der Waals surface area contributed by atoms with Crippen LogP contribution in [0.1, 0.15) is 53.8 Å². The van der Waals surface area contributed by atoms with Gasteiger partial charge in [-0.2, -0.15) is 0 Å². The van der Waals surface area contributed by atoms with E-state index in [4.69, 9.17) is 0 Å². The number of amides is 2. The fourth-order valence-electron chi connectivity index (χ4n) is 3.97. The summed E-state index contributed by atoms with van der Waals surface area (Å²) in [5.41, 5.74) is 1.18. The lowest BCUT2D eigenvalue weighted by Crippen LogP contribution is -2.49. The van der Waals surface area contributed by atoms with Gasteiger partial charge in [-0.05, 0) is 55.7 Å². The van der Waals surface area contributed by atoms with Gasteiger partial charge in [0, 0.05) is 36.8 Å². The minimum atomic E-state index is -3.29. The number of carbonyl (C=O) groups is 2. The predicted octanol–water partition coefficient (Wildman–Crippen LogP) is 3.64. The topological polar surface area (TPSA) is 74.8 Å². The van der Waals surface area contributed by atoms with E-state index < -0.39 is 9.84 Å². The average Bonchev–Trinajstić information content (AvgIpc) is 2.82. The fraction of sp³-hybridized carbons (Fsp3) is 0.417. The summed E-state index contributed by atoms with van der Waals surface area (Å²) in [6.45, 7) is 5.49. The van der Waals surface area contributed by atoms with Crippen molar-refractivity contribution in [2.75, 3.05) is 25.4 Å². The van der Waals surface area contributed by atoms with Crippen molar-refractivity contribution in [3.63, 3.8) is 0 Å². The molecule has 0 radical (unpaired) electrons. The van der Waals surface area contributed by atoms with Gasteiger partial charge in [-0.15, -0.1) is 0 Å². The molecule has 2 aromatic carbocycles. The highest BCUT2D eigenvalue weighted by Crippen LogP contribution is 2.22. The summed E-state index contributed by atoms with van der Waals surface area (Å²) >= 11 is 0. The van der Waals surface area contributed by atoms with Gasteiger partial charge in [0.05, 0.1) is 10.6 Å². The smallest absolute Gasteiger partial charge is 0.254 e. The van der Waals surface area contributed by atoms with E-state index in [0.29, 0.717) is 30.8 Å². The normalized spacial score (nSPS) is 15.0. The lowest BCUT2D eigenvalue weighted by molar-refractivity contribution is 0.0519. The van der Waals surface area contributed by atoms with Crippen LogP contribution in [0.15, 0.2) is 59.5 Å². The van der Waals surface area contributed by atoms with Gasteiger partial charge in [0.25, 0.3) is 11.8 Å². The Balaban J connectivity index is 1.68. The molecule has 31 heavy (non-hydrogen) atoms. The van der Waals surface area contributed by atoms with E-state index in [1.165, 1.54) is 12.1 Å². The van der Waals surface area contributed by atoms with Crippen LogP contribution in [-0.2, 0) is 9.84 Å². The number of rotatable bonds is 7. The molecule has 0 saturated carbocycles. The summed E-state index contributed by atoms with van der Waals surface area (Å²) in [6, 6.07) is 15.5. The lowest BCUT2D eigenvalue weighted by Gasteiger charge is -2.38. The summed E-state index contributed by atoms with van der Waals surface area (Å²) in [6.07, 6.45) is 2.29. The third kappa shape index (κ3) is 5.34. The molecule has 166 valence electrons. The molecule has 0 bridgehead atoms.